The van der Waals surface area contributed by atoms with Crippen LogP contribution in [0.1, 0.15) is 23.9 Å². The van der Waals surface area contributed by atoms with Crippen LogP contribution in [0.4, 0.5) is 11.4 Å². The molecule has 0 aliphatic heterocycles. The Bertz CT molecular complexity index is 1210. The monoisotopic (exact) mass is 457 g/mol. The van der Waals surface area contributed by atoms with Gasteiger partial charge in [-0.25, -0.2) is 0 Å². The van der Waals surface area contributed by atoms with E-state index >= 15 is 0 Å². The Hall–Kier alpha value is -3.58. The van der Waals surface area contributed by atoms with E-state index in [2.05, 4.69) is 46.8 Å². The molecule has 3 aromatic carbocycles. The van der Waals surface area contributed by atoms with Gasteiger partial charge in [-0.05, 0) is 49.2 Å². The predicted octanol–water partition coefficient (Wildman–Crippen LogP) is 5.48. The zero-order valence-electron chi connectivity index (χ0n) is 18.8. The number of aryl methyl sites for hydroxylation is 2. The van der Waals surface area contributed by atoms with E-state index in [1.54, 1.807) is 0 Å². The van der Waals surface area contributed by atoms with Gasteiger partial charge in [0.1, 0.15) is 0 Å². The SMILES string of the molecule is CCc1ccccc1NC(=O)CSc1nnc(CNc2ccc(C)cc2)n1-c1ccccc1. The summed E-state index contributed by atoms with van der Waals surface area (Å²) in [6, 6.07) is 26.1. The molecule has 0 radical (unpaired) electrons. The van der Waals surface area contributed by atoms with Crippen molar-refractivity contribution in [2.45, 2.75) is 32.0 Å². The topological polar surface area (TPSA) is 71.8 Å². The minimum atomic E-state index is -0.0668. The van der Waals surface area contributed by atoms with Gasteiger partial charge in [0.25, 0.3) is 0 Å². The summed E-state index contributed by atoms with van der Waals surface area (Å²) in [7, 11) is 0. The van der Waals surface area contributed by atoms with Crippen molar-refractivity contribution in [2.75, 3.05) is 16.4 Å². The molecule has 168 valence electrons. The number of benzene rings is 3. The number of carbonyl (C=O) groups is 1. The van der Waals surface area contributed by atoms with Gasteiger partial charge in [0.15, 0.2) is 11.0 Å². The lowest BCUT2D eigenvalue weighted by Crippen LogP contribution is -2.16. The standard InChI is InChI=1S/C26H27N5OS/c1-3-20-9-7-8-12-23(20)28-25(32)18-33-26-30-29-24(31(26)22-10-5-4-6-11-22)17-27-21-15-13-19(2)14-16-21/h4-16,27H,3,17-18H2,1-2H3,(H,28,32). The lowest BCUT2D eigenvalue weighted by molar-refractivity contribution is -0.113. The van der Waals surface area contributed by atoms with Crippen LogP contribution in [-0.2, 0) is 17.8 Å². The average molecular weight is 458 g/mol. The molecule has 0 aliphatic carbocycles. The van der Waals surface area contributed by atoms with E-state index in [-0.39, 0.29) is 11.7 Å². The first-order valence-electron chi connectivity index (χ1n) is 10.9. The highest BCUT2D eigenvalue weighted by Crippen LogP contribution is 2.23. The Labute approximate surface area is 198 Å². The second kappa shape index (κ2) is 10.8. The van der Waals surface area contributed by atoms with Crippen LogP contribution in [0.2, 0.25) is 0 Å². The molecular formula is C26H27N5OS. The Morgan fingerprint density at radius 2 is 1.67 bits per heavy atom. The predicted molar refractivity (Wildman–Crippen MR) is 135 cm³/mol. The molecule has 0 spiro atoms. The molecule has 0 unspecified atom stereocenters. The smallest absolute Gasteiger partial charge is 0.234 e. The fourth-order valence-corrected chi connectivity index (χ4v) is 4.23. The van der Waals surface area contributed by atoms with E-state index in [0.717, 1.165) is 34.9 Å². The van der Waals surface area contributed by atoms with Crippen LogP contribution < -0.4 is 10.6 Å². The molecule has 0 fully saturated rings. The van der Waals surface area contributed by atoms with Gasteiger partial charge in [-0.1, -0.05) is 72.8 Å². The normalized spacial score (nSPS) is 10.7. The molecule has 0 saturated carbocycles. The molecule has 0 aliphatic rings. The Morgan fingerprint density at radius 3 is 2.42 bits per heavy atom. The van der Waals surface area contributed by atoms with Crippen LogP contribution in [0, 0.1) is 6.92 Å². The fourth-order valence-electron chi connectivity index (χ4n) is 3.46. The number of para-hydroxylation sites is 2. The van der Waals surface area contributed by atoms with Crippen molar-refractivity contribution >= 4 is 29.0 Å². The first kappa shape index (κ1) is 22.6. The summed E-state index contributed by atoms with van der Waals surface area (Å²) in [5.74, 6) is 0.956. The summed E-state index contributed by atoms with van der Waals surface area (Å²) in [5, 5.41) is 15.9. The number of thioether (sulfide) groups is 1. The average Bonchev–Trinajstić information content (AvgIpc) is 3.26. The molecule has 6 nitrogen and oxygen atoms in total. The Balaban J connectivity index is 1.49. The van der Waals surface area contributed by atoms with Crippen LogP contribution >= 0.6 is 11.8 Å². The highest BCUT2D eigenvalue weighted by molar-refractivity contribution is 7.99. The Kier molecular flexibility index (Phi) is 7.42. The third-order valence-electron chi connectivity index (χ3n) is 5.22. The van der Waals surface area contributed by atoms with Gasteiger partial charge in [0, 0.05) is 17.1 Å². The van der Waals surface area contributed by atoms with Crippen molar-refractivity contribution in [3.05, 3.63) is 95.8 Å². The summed E-state index contributed by atoms with van der Waals surface area (Å²) in [6.07, 6.45) is 0.864. The summed E-state index contributed by atoms with van der Waals surface area (Å²) < 4.78 is 2.00. The zero-order valence-corrected chi connectivity index (χ0v) is 19.6. The van der Waals surface area contributed by atoms with Crippen LogP contribution in [0.15, 0.2) is 84.0 Å². The van der Waals surface area contributed by atoms with Gasteiger partial charge in [-0.2, -0.15) is 0 Å². The van der Waals surface area contributed by atoms with Crippen molar-refractivity contribution in [3.8, 4) is 5.69 Å². The number of rotatable bonds is 9. The van der Waals surface area contributed by atoms with Crippen LogP contribution in [0.25, 0.3) is 5.69 Å². The third kappa shape index (κ3) is 5.81. The zero-order chi connectivity index (χ0) is 23.0. The van der Waals surface area contributed by atoms with E-state index in [9.17, 15) is 4.79 Å². The molecule has 0 bridgehead atoms. The lowest BCUT2D eigenvalue weighted by atomic mass is 10.1. The summed E-state index contributed by atoms with van der Waals surface area (Å²) in [5.41, 5.74) is 5.17. The molecule has 7 heteroatoms. The minimum absolute atomic E-state index is 0.0668. The highest BCUT2D eigenvalue weighted by atomic mass is 32.2. The Morgan fingerprint density at radius 1 is 0.939 bits per heavy atom. The second-order valence-corrected chi connectivity index (χ2v) is 8.58. The molecule has 4 rings (SSSR count). The van der Waals surface area contributed by atoms with Crippen molar-refractivity contribution in [3.63, 3.8) is 0 Å². The van der Waals surface area contributed by atoms with Crippen LogP contribution in [-0.4, -0.2) is 26.4 Å². The maximum atomic E-state index is 12.6. The molecule has 2 N–H and O–H groups in total. The number of hydrogen-bond donors (Lipinski definition) is 2. The molecule has 1 aromatic heterocycles. The van der Waals surface area contributed by atoms with Gasteiger partial charge >= 0.3 is 0 Å². The van der Waals surface area contributed by atoms with Crippen molar-refractivity contribution in [1.82, 2.24) is 14.8 Å². The molecule has 0 saturated heterocycles. The second-order valence-electron chi connectivity index (χ2n) is 7.64. The molecule has 1 amide bonds. The number of nitrogens with zero attached hydrogens (tertiary/aromatic N) is 3. The van der Waals surface area contributed by atoms with E-state index in [1.165, 1.54) is 17.3 Å². The molecular weight excluding hydrogens is 430 g/mol. The van der Waals surface area contributed by atoms with E-state index in [1.807, 2.05) is 71.3 Å². The van der Waals surface area contributed by atoms with Gasteiger partial charge < -0.3 is 10.6 Å². The minimum Gasteiger partial charge on any atom is -0.378 e. The molecule has 33 heavy (non-hydrogen) atoms. The highest BCUT2D eigenvalue weighted by Gasteiger charge is 2.16. The maximum absolute atomic E-state index is 12.6. The van der Waals surface area contributed by atoms with E-state index in [4.69, 9.17) is 0 Å². The van der Waals surface area contributed by atoms with Crippen LogP contribution in [0.5, 0.6) is 0 Å². The number of aromatic nitrogens is 3. The maximum Gasteiger partial charge on any atom is 0.234 e. The molecule has 0 atom stereocenters. The first-order valence-corrected chi connectivity index (χ1v) is 11.9. The van der Waals surface area contributed by atoms with Gasteiger partial charge in [-0.15, -0.1) is 10.2 Å². The fraction of sp³-hybridized carbons (Fsp3) is 0.192. The van der Waals surface area contributed by atoms with Crippen molar-refractivity contribution < 1.29 is 4.79 Å². The summed E-state index contributed by atoms with van der Waals surface area (Å²) in [6.45, 7) is 4.66. The number of amides is 1. The molecule has 4 aromatic rings. The third-order valence-corrected chi connectivity index (χ3v) is 6.15. The summed E-state index contributed by atoms with van der Waals surface area (Å²) >= 11 is 1.38. The number of anilines is 2. The largest absolute Gasteiger partial charge is 0.378 e. The number of carbonyl (C=O) groups excluding carboxylic acids is 1. The lowest BCUT2D eigenvalue weighted by Gasteiger charge is -2.12. The quantitative estimate of drug-likeness (QED) is 0.326. The van der Waals surface area contributed by atoms with Crippen LogP contribution in [0.3, 0.4) is 0 Å². The summed E-state index contributed by atoms with van der Waals surface area (Å²) in [4.78, 5) is 12.6. The van der Waals surface area contributed by atoms with Crippen molar-refractivity contribution in [1.29, 1.82) is 0 Å². The van der Waals surface area contributed by atoms with E-state index < -0.39 is 0 Å². The van der Waals surface area contributed by atoms with Gasteiger partial charge in [0.05, 0.1) is 12.3 Å². The van der Waals surface area contributed by atoms with Crippen molar-refractivity contribution in [2.24, 2.45) is 0 Å². The number of hydrogen-bond acceptors (Lipinski definition) is 5. The molecule has 1 heterocycles. The first-order chi connectivity index (χ1) is 16.1. The number of nitrogens with one attached hydrogen (secondary N) is 2. The van der Waals surface area contributed by atoms with Gasteiger partial charge in [0.2, 0.25) is 5.91 Å². The van der Waals surface area contributed by atoms with Gasteiger partial charge in [-0.3, -0.25) is 9.36 Å². The van der Waals surface area contributed by atoms with E-state index in [0.29, 0.717) is 11.7 Å².